The lowest BCUT2D eigenvalue weighted by atomic mass is 9.92. The molecule has 1 aliphatic heterocycles. The van der Waals surface area contributed by atoms with Crippen LogP contribution in [0, 0.1) is 26.6 Å². The van der Waals surface area contributed by atoms with Crippen LogP contribution in [0.4, 0.5) is 10.1 Å². The van der Waals surface area contributed by atoms with Gasteiger partial charge in [0.05, 0.1) is 22.2 Å². The first-order valence-corrected chi connectivity index (χ1v) is 12.1. The third kappa shape index (κ3) is 3.93. The van der Waals surface area contributed by atoms with Crippen molar-refractivity contribution in [1.82, 2.24) is 15.5 Å². The zero-order valence-electron chi connectivity index (χ0n) is 19.2. The molecule has 0 bridgehead atoms. The lowest BCUT2D eigenvalue weighted by Gasteiger charge is -2.37. The summed E-state index contributed by atoms with van der Waals surface area (Å²) in [6.45, 7) is 7.85. The van der Waals surface area contributed by atoms with Gasteiger partial charge >= 0.3 is 0 Å². The summed E-state index contributed by atoms with van der Waals surface area (Å²) >= 11 is 7.31. The Balaban J connectivity index is 1.68. The lowest BCUT2D eigenvalue weighted by Crippen LogP contribution is -2.46. The minimum absolute atomic E-state index is 0.288. The number of thiocarbonyl (C=S) groups is 1. The minimum Gasteiger partial charge on any atom is -0.351 e. The van der Waals surface area contributed by atoms with E-state index in [9.17, 15) is 4.39 Å². The molecule has 8 heteroatoms. The smallest absolute Gasteiger partial charge is 0.258 e. The van der Waals surface area contributed by atoms with E-state index in [1.165, 1.54) is 17.2 Å². The molecule has 0 saturated heterocycles. The van der Waals surface area contributed by atoms with Crippen LogP contribution < -0.4 is 10.2 Å². The topological polar surface area (TPSA) is 54.2 Å². The average Bonchev–Trinajstić information content (AvgIpc) is 3.50. The van der Waals surface area contributed by atoms with Crippen molar-refractivity contribution < 1.29 is 8.91 Å². The molecule has 0 fully saturated rings. The third-order valence-corrected chi connectivity index (χ3v) is 7.33. The molecule has 4 aromatic rings. The number of benzene rings is 2. The highest BCUT2D eigenvalue weighted by molar-refractivity contribution is 7.80. The van der Waals surface area contributed by atoms with E-state index in [4.69, 9.17) is 21.7 Å². The predicted molar refractivity (Wildman–Crippen MR) is 138 cm³/mol. The molecule has 1 unspecified atom stereocenters. The SMILES string of the molecule is CC1=C(c2nc(-c3cccs3)no2)C(c2ccc(C)c(C)c2)NC(=S)N1c1ccc(C)c(F)c1. The van der Waals surface area contributed by atoms with Gasteiger partial charge in [-0.3, -0.25) is 4.90 Å². The molecule has 2 aromatic carbocycles. The third-order valence-electron chi connectivity index (χ3n) is 6.16. The number of aromatic nitrogens is 2. The first-order chi connectivity index (χ1) is 16.3. The van der Waals surface area contributed by atoms with Crippen LogP contribution in [0.5, 0.6) is 0 Å². The maximum absolute atomic E-state index is 14.4. The fourth-order valence-corrected chi connectivity index (χ4v) is 5.09. The molecule has 1 atom stereocenters. The number of aryl methyl sites for hydroxylation is 3. The summed E-state index contributed by atoms with van der Waals surface area (Å²) in [5, 5.41) is 10.1. The molecule has 1 aliphatic rings. The number of thiophene rings is 1. The molecule has 34 heavy (non-hydrogen) atoms. The molecule has 2 aromatic heterocycles. The van der Waals surface area contributed by atoms with Crippen molar-refractivity contribution in [3.63, 3.8) is 0 Å². The number of rotatable bonds is 4. The van der Waals surface area contributed by atoms with Gasteiger partial charge in [0.25, 0.3) is 5.89 Å². The summed E-state index contributed by atoms with van der Waals surface area (Å²) in [5.74, 6) is 0.644. The summed E-state index contributed by atoms with van der Waals surface area (Å²) in [5.41, 5.74) is 6.23. The van der Waals surface area contributed by atoms with Crippen LogP contribution >= 0.6 is 23.6 Å². The second-order valence-electron chi connectivity index (χ2n) is 8.39. The van der Waals surface area contributed by atoms with Gasteiger partial charge in [0, 0.05) is 5.70 Å². The lowest BCUT2D eigenvalue weighted by molar-refractivity contribution is 0.404. The van der Waals surface area contributed by atoms with Gasteiger partial charge in [0.2, 0.25) is 5.82 Å². The Morgan fingerprint density at radius 2 is 1.82 bits per heavy atom. The van der Waals surface area contributed by atoms with Gasteiger partial charge in [-0.2, -0.15) is 4.98 Å². The fourth-order valence-electron chi connectivity index (χ4n) is 4.08. The van der Waals surface area contributed by atoms with Crippen LogP contribution in [0.1, 0.15) is 41.1 Å². The van der Waals surface area contributed by atoms with Crippen LogP contribution in [0.3, 0.4) is 0 Å². The van der Waals surface area contributed by atoms with Crippen molar-refractivity contribution in [2.75, 3.05) is 4.90 Å². The Hall–Kier alpha value is -3.36. The molecule has 5 rings (SSSR count). The molecule has 0 amide bonds. The Labute approximate surface area is 206 Å². The van der Waals surface area contributed by atoms with E-state index in [1.54, 1.807) is 24.3 Å². The highest BCUT2D eigenvalue weighted by atomic mass is 32.1. The van der Waals surface area contributed by atoms with Crippen molar-refractivity contribution in [1.29, 1.82) is 0 Å². The molecule has 172 valence electrons. The molecular formula is C26H23FN4OS2. The predicted octanol–water partition coefficient (Wildman–Crippen LogP) is 6.73. The van der Waals surface area contributed by atoms with Crippen molar-refractivity contribution in [2.24, 2.45) is 0 Å². The van der Waals surface area contributed by atoms with Gasteiger partial charge in [-0.25, -0.2) is 4.39 Å². The van der Waals surface area contributed by atoms with E-state index in [2.05, 4.69) is 42.5 Å². The van der Waals surface area contributed by atoms with E-state index in [0.717, 1.165) is 21.7 Å². The molecular weight excluding hydrogens is 467 g/mol. The quantitative estimate of drug-likeness (QED) is 0.320. The van der Waals surface area contributed by atoms with E-state index in [0.29, 0.717) is 28.1 Å². The minimum atomic E-state index is -0.296. The van der Waals surface area contributed by atoms with Crippen molar-refractivity contribution in [3.05, 3.63) is 93.6 Å². The van der Waals surface area contributed by atoms with Crippen LogP contribution in [0.15, 0.2) is 64.1 Å². The second-order valence-corrected chi connectivity index (χ2v) is 9.73. The average molecular weight is 491 g/mol. The van der Waals surface area contributed by atoms with Crippen LogP contribution in [0.2, 0.25) is 0 Å². The zero-order valence-corrected chi connectivity index (χ0v) is 20.9. The fraction of sp³-hybridized carbons (Fsp3) is 0.192. The summed E-state index contributed by atoms with van der Waals surface area (Å²) in [6.07, 6.45) is 0. The number of hydrogen-bond acceptors (Lipinski definition) is 5. The van der Waals surface area contributed by atoms with Crippen molar-refractivity contribution in [2.45, 2.75) is 33.7 Å². The van der Waals surface area contributed by atoms with E-state index < -0.39 is 0 Å². The Bertz CT molecular complexity index is 1420. The van der Waals surface area contributed by atoms with Gasteiger partial charge in [-0.1, -0.05) is 35.5 Å². The van der Waals surface area contributed by atoms with Gasteiger partial charge < -0.3 is 9.84 Å². The Morgan fingerprint density at radius 1 is 1.03 bits per heavy atom. The number of halogens is 1. The number of nitrogens with one attached hydrogen (secondary N) is 1. The molecule has 0 radical (unpaired) electrons. The molecule has 5 nitrogen and oxygen atoms in total. The summed E-state index contributed by atoms with van der Waals surface area (Å²) < 4.78 is 20.2. The standard InChI is InChI=1S/C26H23FN4OS2/c1-14-7-9-18(12-16(14)3)23-22(25-29-24(30-32-25)21-6-5-11-34-21)17(4)31(26(33)28-23)19-10-8-15(2)20(27)13-19/h5-13,23H,1-4H3,(H,28,33). The van der Waals surface area contributed by atoms with Gasteiger partial charge in [0.15, 0.2) is 5.11 Å². The first-order valence-electron chi connectivity index (χ1n) is 10.9. The number of allylic oxidation sites excluding steroid dienone is 1. The normalized spacial score (nSPS) is 16.2. The zero-order chi connectivity index (χ0) is 24.0. The molecule has 0 aliphatic carbocycles. The summed E-state index contributed by atoms with van der Waals surface area (Å²) in [4.78, 5) is 7.46. The summed E-state index contributed by atoms with van der Waals surface area (Å²) in [6, 6.07) is 15.0. The second kappa shape index (κ2) is 8.77. The maximum atomic E-state index is 14.4. The van der Waals surface area contributed by atoms with Crippen LogP contribution in [-0.4, -0.2) is 15.3 Å². The van der Waals surface area contributed by atoms with Gasteiger partial charge in [-0.15, -0.1) is 11.3 Å². The van der Waals surface area contributed by atoms with E-state index in [1.807, 2.05) is 35.4 Å². The number of nitrogens with zero attached hydrogens (tertiary/aromatic N) is 3. The monoisotopic (exact) mass is 490 g/mol. The number of anilines is 1. The highest BCUT2D eigenvalue weighted by Crippen LogP contribution is 2.40. The largest absolute Gasteiger partial charge is 0.351 e. The van der Waals surface area contributed by atoms with E-state index in [-0.39, 0.29) is 11.9 Å². The Morgan fingerprint density at radius 3 is 2.53 bits per heavy atom. The first kappa shape index (κ1) is 22.4. The van der Waals surface area contributed by atoms with Crippen molar-refractivity contribution in [3.8, 4) is 10.7 Å². The molecule has 1 N–H and O–H groups in total. The van der Waals surface area contributed by atoms with Crippen LogP contribution in [0.25, 0.3) is 16.3 Å². The molecule has 0 saturated carbocycles. The van der Waals surface area contributed by atoms with Crippen molar-refractivity contribution >= 4 is 39.9 Å². The van der Waals surface area contributed by atoms with Crippen LogP contribution in [-0.2, 0) is 0 Å². The van der Waals surface area contributed by atoms with Gasteiger partial charge in [-0.05, 0) is 85.7 Å². The highest BCUT2D eigenvalue weighted by Gasteiger charge is 2.35. The summed E-state index contributed by atoms with van der Waals surface area (Å²) in [7, 11) is 0. The molecule has 0 spiro atoms. The molecule has 3 heterocycles. The van der Waals surface area contributed by atoms with E-state index >= 15 is 0 Å². The Kier molecular flexibility index (Phi) is 5.79. The number of hydrogen-bond donors (Lipinski definition) is 1. The maximum Gasteiger partial charge on any atom is 0.258 e. The van der Waals surface area contributed by atoms with Gasteiger partial charge in [0.1, 0.15) is 5.82 Å².